The minimum Gasteiger partial charge on any atom is -0.330 e. The lowest BCUT2D eigenvalue weighted by Crippen LogP contribution is -2.02. The molecule has 90 valence electrons. The fraction of sp³-hybridized carbons (Fsp3) is 0.308. The van der Waals surface area contributed by atoms with Crippen molar-refractivity contribution in [3.63, 3.8) is 0 Å². The fourth-order valence-electron chi connectivity index (χ4n) is 1.84. The number of aromatic nitrogens is 2. The number of rotatable bonds is 4. The third-order valence-corrected chi connectivity index (χ3v) is 2.77. The van der Waals surface area contributed by atoms with E-state index in [2.05, 4.69) is 4.98 Å². The molecule has 3 nitrogen and oxygen atoms in total. The molecule has 4 heteroatoms. The molecule has 17 heavy (non-hydrogen) atoms. The van der Waals surface area contributed by atoms with Crippen molar-refractivity contribution < 1.29 is 4.39 Å². The largest absolute Gasteiger partial charge is 0.330 e. The van der Waals surface area contributed by atoms with Gasteiger partial charge in [-0.1, -0.05) is 6.07 Å². The van der Waals surface area contributed by atoms with Crippen molar-refractivity contribution in [1.82, 2.24) is 9.55 Å². The molecule has 0 aliphatic carbocycles. The highest BCUT2D eigenvalue weighted by Crippen LogP contribution is 2.17. The average Bonchev–Trinajstić information content (AvgIpc) is 2.73. The summed E-state index contributed by atoms with van der Waals surface area (Å²) < 4.78 is 15.7. The SMILES string of the molecule is Cc1nccn1-c1ccc(CCCN)cc1F. The summed E-state index contributed by atoms with van der Waals surface area (Å²) in [5.41, 5.74) is 6.95. The van der Waals surface area contributed by atoms with Gasteiger partial charge in [-0.2, -0.15) is 0 Å². The highest BCUT2D eigenvalue weighted by atomic mass is 19.1. The van der Waals surface area contributed by atoms with Gasteiger partial charge in [-0.15, -0.1) is 0 Å². The summed E-state index contributed by atoms with van der Waals surface area (Å²) in [5.74, 6) is 0.555. The van der Waals surface area contributed by atoms with Gasteiger partial charge < -0.3 is 10.3 Å². The molecular weight excluding hydrogens is 217 g/mol. The van der Waals surface area contributed by atoms with Gasteiger partial charge in [0, 0.05) is 12.4 Å². The van der Waals surface area contributed by atoms with Gasteiger partial charge in [0.25, 0.3) is 0 Å². The lowest BCUT2D eigenvalue weighted by molar-refractivity contribution is 0.613. The topological polar surface area (TPSA) is 43.8 Å². The van der Waals surface area contributed by atoms with Crippen LogP contribution in [0.4, 0.5) is 4.39 Å². The van der Waals surface area contributed by atoms with E-state index in [9.17, 15) is 4.39 Å². The summed E-state index contributed by atoms with van der Waals surface area (Å²) in [5, 5.41) is 0. The zero-order valence-corrected chi connectivity index (χ0v) is 9.86. The Morgan fingerprint density at radius 2 is 2.24 bits per heavy atom. The van der Waals surface area contributed by atoms with Gasteiger partial charge in [0.05, 0.1) is 5.69 Å². The minimum atomic E-state index is -0.222. The molecule has 0 aliphatic rings. The molecule has 0 fully saturated rings. The van der Waals surface area contributed by atoms with E-state index in [0.717, 1.165) is 24.2 Å². The Balaban J connectivity index is 2.29. The molecule has 0 saturated carbocycles. The van der Waals surface area contributed by atoms with Crippen LogP contribution in [0.3, 0.4) is 0 Å². The number of nitrogens with zero attached hydrogens (tertiary/aromatic N) is 2. The smallest absolute Gasteiger partial charge is 0.147 e. The Labute approximate surface area is 100 Å². The van der Waals surface area contributed by atoms with Crippen molar-refractivity contribution in [1.29, 1.82) is 0 Å². The van der Waals surface area contributed by atoms with Gasteiger partial charge in [-0.25, -0.2) is 9.37 Å². The molecule has 0 spiro atoms. The number of imidazole rings is 1. The molecule has 0 radical (unpaired) electrons. The van der Waals surface area contributed by atoms with Crippen LogP contribution in [-0.2, 0) is 6.42 Å². The van der Waals surface area contributed by atoms with Crippen LogP contribution in [0.25, 0.3) is 5.69 Å². The van der Waals surface area contributed by atoms with Gasteiger partial charge in [0.1, 0.15) is 11.6 Å². The lowest BCUT2D eigenvalue weighted by Gasteiger charge is -2.08. The number of nitrogens with two attached hydrogens (primary N) is 1. The number of halogens is 1. The number of aryl methyl sites for hydroxylation is 2. The summed E-state index contributed by atoms with van der Waals surface area (Å²) in [4.78, 5) is 4.09. The van der Waals surface area contributed by atoms with Gasteiger partial charge in [0.2, 0.25) is 0 Å². The van der Waals surface area contributed by atoms with Crippen LogP contribution in [0.15, 0.2) is 30.6 Å². The van der Waals surface area contributed by atoms with Crippen molar-refractivity contribution in [3.8, 4) is 5.69 Å². The van der Waals surface area contributed by atoms with Crippen LogP contribution in [0.1, 0.15) is 17.8 Å². The Kier molecular flexibility index (Phi) is 3.54. The number of benzene rings is 1. The van der Waals surface area contributed by atoms with Crippen LogP contribution < -0.4 is 5.73 Å². The van der Waals surface area contributed by atoms with Crippen LogP contribution in [0, 0.1) is 12.7 Å². The molecule has 0 atom stereocenters. The molecule has 0 amide bonds. The monoisotopic (exact) mass is 233 g/mol. The van der Waals surface area contributed by atoms with Crippen molar-refractivity contribution in [3.05, 3.63) is 47.8 Å². The molecule has 1 aromatic heterocycles. The summed E-state index contributed by atoms with van der Waals surface area (Å²) in [7, 11) is 0. The quantitative estimate of drug-likeness (QED) is 0.879. The van der Waals surface area contributed by atoms with E-state index < -0.39 is 0 Å². The van der Waals surface area contributed by atoms with Crippen molar-refractivity contribution in [2.75, 3.05) is 6.54 Å². The predicted molar refractivity (Wildman–Crippen MR) is 65.6 cm³/mol. The van der Waals surface area contributed by atoms with E-state index >= 15 is 0 Å². The summed E-state index contributed by atoms with van der Waals surface area (Å²) in [6, 6.07) is 5.30. The molecule has 0 saturated heterocycles. The maximum Gasteiger partial charge on any atom is 0.147 e. The van der Waals surface area contributed by atoms with Crippen LogP contribution in [0.2, 0.25) is 0 Å². The Bertz CT molecular complexity index is 505. The summed E-state index contributed by atoms with van der Waals surface area (Å²) >= 11 is 0. The van der Waals surface area contributed by atoms with Gasteiger partial charge in [0.15, 0.2) is 0 Å². The van der Waals surface area contributed by atoms with E-state index in [1.54, 1.807) is 29.1 Å². The number of hydrogen-bond donors (Lipinski definition) is 1. The first kappa shape index (κ1) is 11.8. The van der Waals surface area contributed by atoms with Crippen LogP contribution >= 0.6 is 0 Å². The molecular formula is C13H16FN3. The second-order valence-electron chi connectivity index (χ2n) is 4.02. The predicted octanol–water partition coefficient (Wildman–Crippen LogP) is 2.21. The van der Waals surface area contributed by atoms with Crippen molar-refractivity contribution in [2.45, 2.75) is 19.8 Å². The zero-order chi connectivity index (χ0) is 12.3. The molecule has 1 aromatic carbocycles. The molecule has 0 unspecified atom stereocenters. The van der Waals surface area contributed by atoms with Crippen molar-refractivity contribution >= 4 is 0 Å². The molecule has 2 N–H and O–H groups in total. The second kappa shape index (κ2) is 5.10. The Hall–Kier alpha value is -1.68. The average molecular weight is 233 g/mol. The molecule has 1 heterocycles. The first-order chi connectivity index (χ1) is 8.22. The second-order valence-corrected chi connectivity index (χ2v) is 4.02. The minimum absolute atomic E-state index is 0.222. The van der Waals surface area contributed by atoms with E-state index in [1.807, 2.05) is 13.0 Å². The summed E-state index contributed by atoms with van der Waals surface area (Å²) in [6.45, 7) is 2.48. The van der Waals surface area contributed by atoms with E-state index in [-0.39, 0.29) is 5.82 Å². The molecule has 0 aliphatic heterocycles. The lowest BCUT2D eigenvalue weighted by atomic mass is 10.1. The van der Waals surface area contributed by atoms with Crippen molar-refractivity contribution in [2.24, 2.45) is 5.73 Å². The summed E-state index contributed by atoms with van der Waals surface area (Å²) in [6.07, 6.45) is 5.11. The maximum absolute atomic E-state index is 13.9. The molecule has 2 aromatic rings. The first-order valence-electron chi connectivity index (χ1n) is 5.71. The highest BCUT2D eigenvalue weighted by molar-refractivity contribution is 5.37. The fourth-order valence-corrected chi connectivity index (χ4v) is 1.84. The third-order valence-electron chi connectivity index (χ3n) is 2.77. The Morgan fingerprint density at radius 1 is 1.41 bits per heavy atom. The van der Waals surface area contributed by atoms with Crippen LogP contribution in [-0.4, -0.2) is 16.1 Å². The normalized spacial score (nSPS) is 10.8. The maximum atomic E-state index is 13.9. The standard InChI is InChI=1S/C13H16FN3/c1-10-16-7-8-17(10)13-5-4-11(3-2-6-15)9-12(13)14/h4-5,7-9H,2-3,6,15H2,1H3. The highest BCUT2D eigenvalue weighted by Gasteiger charge is 2.07. The zero-order valence-electron chi connectivity index (χ0n) is 9.86. The molecule has 0 bridgehead atoms. The van der Waals surface area contributed by atoms with Gasteiger partial charge in [-0.05, 0) is 44.0 Å². The third kappa shape index (κ3) is 2.53. The van der Waals surface area contributed by atoms with Crippen LogP contribution in [0.5, 0.6) is 0 Å². The van der Waals surface area contributed by atoms with Gasteiger partial charge >= 0.3 is 0 Å². The Morgan fingerprint density at radius 3 is 2.82 bits per heavy atom. The molecule has 2 rings (SSSR count). The van der Waals surface area contributed by atoms with Gasteiger partial charge in [-0.3, -0.25) is 0 Å². The van der Waals surface area contributed by atoms with E-state index in [1.165, 1.54) is 0 Å². The number of hydrogen-bond acceptors (Lipinski definition) is 2. The van der Waals surface area contributed by atoms with E-state index in [4.69, 9.17) is 5.73 Å². The first-order valence-corrected chi connectivity index (χ1v) is 5.71. The van der Waals surface area contributed by atoms with E-state index in [0.29, 0.717) is 12.2 Å².